The molecule has 2 rings (SSSR count). The highest BCUT2D eigenvalue weighted by atomic mass is 35.5. The molecule has 3 N–H and O–H groups in total. The van der Waals surface area contributed by atoms with Crippen LogP contribution >= 0.6 is 11.6 Å². The summed E-state index contributed by atoms with van der Waals surface area (Å²) in [5.74, 6) is -2.80. The minimum atomic E-state index is -1.12. The largest absolute Gasteiger partial charge is 0.398 e. The summed E-state index contributed by atoms with van der Waals surface area (Å²) in [5.41, 5.74) is 5.67. The third-order valence-electron chi connectivity index (χ3n) is 2.46. The number of rotatable bonds is 2. The molecule has 0 saturated heterocycles. The highest BCUT2D eigenvalue weighted by molar-refractivity contribution is 6.31. The van der Waals surface area contributed by atoms with Gasteiger partial charge in [0.25, 0.3) is 5.91 Å². The number of carbonyl (C=O) groups is 1. The molecule has 0 bridgehead atoms. The molecule has 0 unspecified atom stereocenters. The molecule has 0 fully saturated rings. The van der Waals surface area contributed by atoms with Crippen molar-refractivity contribution in [1.29, 1.82) is 0 Å². The van der Waals surface area contributed by atoms with Gasteiger partial charge in [-0.1, -0.05) is 17.7 Å². The van der Waals surface area contributed by atoms with E-state index in [1.54, 1.807) is 0 Å². The van der Waals surface area contributed by atoms with Crippen LogP contribution in [0.25, 0.3) is 0 Å². The van der Waals surface area contributed by atoms with Crippen LogP contribution in [0.1, 0.15) is 10.4 Å². The summed E-state index contributed by atoms with van der Waals surface area (Å²) < 4.78 is 26.4. The summed E-state index contributed by atoms with van der Waals surface area (Å²) in [4.78, 5) is 11.9. The third kappa shape index (κ3) is 2.82. The molecule has 98 valence electrons. The molecule has 0 saturated carbocycles. The molecule has 0 aromatic heterocycles. The summed E-state index contributed by atoms with van der Waals surface area (Å²) in [6.45, 7) is 0. The van der Waals surface area contributed by atoms with Crippen molar-refractivity contribution in [2.24, 2.45) is 0 Å². The van der Waals surface area contributed by atoms with E-state index in [0.717, 1.165) is 6.07 Å². The molecule has 6 heteroatoms. The van der Waals surface area contributed by atoms with Crippen LogP contribution in [0.2, 0.25) is 5.02 Å². The summed E-state index contributed by atoms with van der Waals surface area (Å²) in [5, 5.41) is 2.63. The Morgan fingerprint density at radius 2 is 1.95 bits per heavy atom. The molecule has 0 heterocycles. The Labute approximate surface area is 113 Å². The van der Waals surface area contributed by atoms with E-state index < -0.39 is 17.5 Å². The first-order valence-corrected chi connectivity index (χ1v) is 5.67. The third-order valence-corrected chi connectivity index (χ3v) is 2.69. The monoisotopic (exact) mass is 282 g/mol. The maximum Gasteiger partial charge on any atom is 0.257 e. The average molecular weight is 283 g/mol. The molecular weight excluding hydrogens is 274 g/mol. The molecule has 0 aliphatic rings. The van der Waals surface area contributed by atoms with Gasteiger partial charge in [0.15, 0.2) is 11.6 Å². The Bertz CT molecular complexity index is 647. The van der Waals surface area contributed by atoms with Gasteiger partial charge in [0.1, 0.15) is 0 Å². The van der Waals surface area contributed by atoms with Crippen molar-refractivity contribution in [3.05, 3.63) is 58.6 Å². The second-order valence-corrected chi connectivity index (χ2v) is 4.22. The van der Waals surface area contributed by atoms with Crippen molar-refractivity contribution in [3.8, 4) is 0 Å². The van der Waals surface area contributed by atoms with Gasteiger partial charge < -0.3 is 11.1 Å². The van der Waals surface area contributed by atoms with Gasteiger partial charge in [-0.3, -0.25) is 4.79 Å². The normalized spacial score (nSPS) is 10.3. The average Bonchev–Trinajstić information content (AvgIpc) is 2.34. The van der Waals surface area contributed by atoms with Gasteiger partial charge in [0, 0.05) is 10.7 Å². The Hall–Kier alpha value is -2.14. The second-order valence-electron chi connectivity index (χ2n) is 3.79. The van der Waals surface area contributed by atoms with Crippen LogP contribution in [-0.2, 0) is 0 Å². The van der Waals surface area contributed by atoms with Crippen LogP contribution in [0.5, 0.6) is 0 Å². The summed E-state index contributed by atoms with van der Waals surface area (Å²) in [6, 6.07) is 7.79. The van der Waals surface area contributed by atoms with Crippen LogP contribution in [0.15, 0.2) is 36.4 Å². The number of nitrogens with two attached hydrogens (primary N) is 1. The number of hydrogen-bond acceptors (Lipinski definition) is 2. The Morgan fingerprint density at radius 1 is 1.21 bits per heavy atom. The molecule has 2 aromatic rings. The Balaban J connectivity index is 2.28. The molecule has 0 atom stereocenters. The van der Waals surface area contributed by atoms with E-state index in [0.29, 0.717) is 5.02 Å². The van der Waals surface area contributed by atoms with E-state index in [-0.39, 0.29) is 16.9 Å². The fourth-order valence-electron chi connectivity index (χ4n) is 1.53. The Kier molecular flexibility index (Phi) is 3.66. The summed E-state index contributed by atoms with van der Waals surface area (Å²) in [7, 11) is 0. The summed E-state index contributed by atoms with van der Waals surface area (Å²) in [6.07, 6.45) is 0. The molecule has 1 amide bonds. The lowest BCUT2D eigenvalue weighted by Crippen LogP contribution is -2.15. The highest BCUT2D eigenvalue weighted by Gasteiger charge is 2.14. The fraction of sp³-hybridized carbons (Fsp3) is 0. The van der Waals surface area contributed by atoms with Crippen LogP contribution in [-0.4, -0.2) is 5.91 Å². The molecular formula is C13H9ClF2N2O. The van der Waals surface area contributed by atoms with Crippen molar-refractivity contribution in [2.45, 2.75) is 0 Å². The predicted octanol–water partition coefficient (Wildman–Crippen LogP) is 3.45. The molecule has 19 heavy (non-hydrogen) atoms. The van der Waals surface area contributed by atoms with E-state index >= 15 is 0 Å². The second kappa shape index (κ2) is 5.24. The maximum atomic E-state index is 13.4. The van der Waals surface area contributed by atoms with Gasteiger partial charge in [-0.05, 0) is 30.3 Å². The highest BCUT2D eigenvalue weighted by Crippen LogP contribution is 2.21. The van der Waals surface area contributed by atoms with Gasteiger partial charge in [-0.2, -0.15) is 0 Å². The van der Waals surface area contributed by atoms with Crippen molar-refractivity contribution in [1.82, 2.24) is 0 Å². The first-order chi connectivity index (χ1) is 8.99. The topological polar surface area (TPSA) is 55.1 Å². The molecule has 0 radical (unpaired) electrons. The molecule has 0 spiro atoms. The molecule has 3 nitrogen and oxygen atoms in total. The first-order valence-electron chi connectivity index (χ1n) is 5.29. The molecule has 2 aromatic carbocycles. The van der Waals surface area contributed by atoms with Crippen LogP contribution in [0.4, 0.5) is 20.2 Å². The quantitative estimate of drug-likeness (QED) is 0.829. The van der Waals surface area contributed by atoms with E-state index in [1.807, 2.05) is 0 Å². The van der Waals surface area contributed by atoms with Crippen LogP contribution < -0.4 is 11.1 Å². The number of halogens is 3. The van der Waals surface area contributed by atoms with Crippen molar-refractivity contribution in [2.75, 3.05) is 11.1 Å². The van der Waals surface area contributed by atoms with Crippen LogP contribution in [0, 0.1) is 11.6 Å². The number of nitrogen functional groups attached to an aromatic ring is 1. The number of nitrogens with one attached hydrogen (secondary N) is 1. The van der Waals surface area contributed by atoms with Gasteiger partial charge in [-0.25, -0.2) is 8.78 Å². The lowest BCUT2D eigenvalue weighted by Gasteiger charge is -2.08. The zero-order valence-electron chi connectivity index (χ0n) is 9.58. The van der Waals surface area contributed by atoms with Crippen LogP contribution in [0.3, 0.4) is 0 Å². The van der Waals surface area contributed by atoms with Gasteiger partial charge in [0.2, 0.25) is 0 Å². The number of carbonyl (C=O) groups excluding carboxylic acids is 1. The summed E-state index contributed by atoms with van der Waals surface area (Å²) >= 11 is 5.71. The van der Waals surface area contributed by atoms with Gasteiger partial charge in [0.05, 0.1) is 11.3 Å². The van der Waals surface area contributed by atoms with E-state index in [1.165, 1.54) is 30.3 Å². The predicted molar refractivity (Wildman–Crippen MR) is 70.2 cm³/mol. The van der Waals surface area contributed by atoms with E-state index in [2.05, 4.69) is 5.32 Å². The zero-order valence-corrected chi connectivity index (χ0v) is 10.3. The fourth-order valence-corrected chi connectivity index (χ4v) is 1.71. The SMILES string of the molecule is Nc1cc(Cl)ccc1C(=O)Nc1cccc(F)c1F. The Morgan fingerprint density at radius 3 is 2.63 bits per heavy atom. The zero-order chi connectivity index (χ0) is 14.0. The van der Waals surface area contributed by atoms with E-state index in [9.17, 15) is 13.6 Å². The van der Waals surface area contributed by atoms with E-state index in [4.69, 9.17) is 17.3 Å². The van der Waals surface area contributed by atoms with Crippen molar-refractivity contribution >= 4 is 28.9 Å². The lowest BCUT2D eigenvalue weighted by atomic mass is 10.1. The number of benzene rings is 2. The number of anilines is 2. The minimum Gasteiger partial charge on any atom is -0.398 e. The van der Waals surface area contributed by atoms with Gasteiger partial charge in [-0.15, -0.1) is 0 Å². The standard InChI is InChI=1S/C13H9ClF2N2O/c14-7-4-5-8(10(17)6-7)13(19)18-11-3-1-2-9(15)12(11)16/h1-6H,17H2,(H,18,19). The smallest absolute Gasteiger partial charge is 0.257 e. The maximum absolute atomic E-state index is 13.4. The number of amides is 1. The van der Waals surface area contributed by atoms with Gasteiger partial charge >= 0.3 is 0 Å². The van der Waals surface area contributed by atoms with Crippen molar-refractivity contribution < 1.29 is 13.6 Å². The number of hydrogen-bond donors (Lipinski definition) is 2. The molecule has 0 aliphatic carbocycles. The lowest BCUT2D eigenvalue weighted by molar-refractivity contribution is 0.102. The minimum absolute atomic E-state index is 0.132. The molecule has 0 aliphatic heterocycles. The van der Waals surface area contributed by atoms with Crippen molar-refractivity contribution in [3.63, 3.8) is 0 Å². The first kappa shape index (κ1) is 13.3.